The van der Waals surface area contributed by atoms with E-state index in [-0.39, 0.29) is 5.41 Å². The molecule has 0 spiro atoms. The van der Waals surface area contributed by atoms with Gasteiger partial charge in [-0.3, -0.25) is 4.79 Å². The van der Waals surface area contributed by atoms with Crippen molar-refractivity contribution in [3.05, 3.63) is 0 Å². The first-order chi connectivity index (χ1) is 11.0. The van der Waals surface area contributed by atoms with E-state index in [1.54, 1.807) is 0 Å². The molecule has 2 bridgehead atoms. The van der Waals surface area contributed by atoms with E-state index in [2.05, 4.69) is 27.7 Å². The predicted octanol–water partition coefficient (Wildman–Crippen LogP) is 6.07. The van der Waals surface area contributed by atoms with Gasteiger partial charge in [-0.1, -0.05) is 84.4 Å². The van der Waals surface area contributed by atoms with Crippen molar-refractivity contribution in [1.82, 2.24) is 0 Å². The highest BCUT2D eigenvalue weighted by Crippen LogP contribution is 2.69. The highest BCUT2D eigenvalue weighted by atomic mass is 16.4. The molecule has 3 heteroatoms. The average molecular weight is 334 g/mol. The fourth-order valence-corrected chi connectivity index (χ4v) is 6.13. The molecule has 0 aromatic rings. The first kappa shape index (κ1) is 19.9. The average Bonchev–Trinajstić information content (AvgIpc) is 2.88. The summed E-state index contributed by atoms with van der Waals surface area (Å²) in [6.45, 7) is 13.4. The lowest BCUT2D eigenvalue weighted by Crippen LogP contribution is -2.41. The monoisotopic (exact) mass is 334 g/mol. The van der Waals surface area contributed by atoms with Gasteiger partial charge in [-0.2, -0.15) is 0 Å². The van der Waals surface area contributed by atoms with Crippen molar-refractivity contribution in [2.75, 3.05) is 0 Å². The number of carboxylic acids is 1. The largest absolute Gasteiger partial charge is 0.481 e. The van der Waals surface area contributed by atoms with Gasteiger partial charge in [0.25, 0.3) is 0 Å². The van der Waals surface area contributed by atoms with Crippen LogP contribution in [0.25, 0.3) is 0 Å². The number of carbonyl (C=O) groups is 1. The summed E-state index contributed by atoms with van der Waals surface area (Å²) in [4.78, 5) is 11.7. The van der Waals surface area contributed by atoms with E-state index in [0.717, 1.165) is 12.3 Å². The van der Waals surface area contributed by atoms with Crippen LogP contribution in [-0.2, 0) is 4.79 Å². The number of aliphatic carboxylic acids is 1. The number of carboxylic acid groups (broad SMARTS) is 1. The van der Waals surface area contributed by atoms with Crippen molar-refractivity contribution in [2.24, 2.45) is 16.7 Å². The van der Waals surface area contributed by atoms with Gasteiger partial charge in [0.15, 0.2) is 0 Å². The third-order valence-electron chi connectivity index (χ3n) is 8.00. The van der Waals surface area contributed by atoms with E-state index >= 15 is 0 Å². The van der Waals surface area contributed by atoms with Crippen LogP contribution in [0.1, 0.15) is 99.3 Å². The second-order valence-corrected chi connectivity index (χ2v) is 10.6. The second-order valence-electron chi connectivity index (χ2n) is 10.6. The molecule has 2 nitrogen and oxygen atoms in total. The lowest BCUT2D eigenvalue weighted by atomic mass is 9.33. The van der Waals surface area contributed by atoms with Crippen LogP contribution in [0, 0.1) is 16.7 Å². The van der Waals surface area contributed by atoms with Gasteiger partial charge in [0.2, 0.25) is 0 Å². The van der Waals surface area contributed by atoms with Crippen molar-refractivity contribution in [2.45, 2.75) is 110 Å². The molecular formula is C21H39BO2. The molecule has 1 N–H and O–H groups in total. The Kier molecular flexibility index (Phi) is 5.53. The molecule has 0 radical (unpaired) electrons. The van der Waals surface area contributed by atoms with E-state index < -0.39 is 11.4 Å². The number of rotatable bonds is 5. The summed E-state index contributed by atoms with van der Waals surface area (Å²) in [6, 6.07) is 0. The minimum absolute atomic E-state index is 0.0792. The Bertz CT molecular complexity index is 468. The SMILES string of the molecule is CC(C)C12BC(C(C)(C)CC(C)(C)C(=O)O)(CCCCCC1)CC2. The van der Waals surface area contributed by atoms with Crippen LogP contribution >= 0.6 is 0 Å². The maximum atomic E-state index is 11.7. The summed E-state index contributed by atoms with van der Waals surface area (Å²) >= 11 is 0. The van der Waals surface area contributed by atoms with Crippen LogP contribution in [0.5, 0.6) is 0 Å². The molecule has 138 valence electrons. The molecule has 2 aliphatic rings. The zero-order valence-corrected chi connectivity index (χ0v) is 17.0. The minimum atomic E-state index is -0.650. The van der Waals surface area contributed by atoms with E-state index in [9.17, 15) is 9.90 Å². The first-order valence-electron chi connectivity index (χ1n) is 10.2. The summed E-state index contributed by atoms with van der Waals surface area (Å²) in [6.07, 6.45) is 11.5. The summed E-state index contributed by atoms with van der Waals surface area (Å²) in [7, 11) is 1.32. The van der Waals surface area contributed by atoms with Crippen molar-refractivity contribution in [3.8, 4) is 0 Å². The Labute approximate surface area is 150 Å². The summed E-state index contributed by atoms with van der Waals surface area (Å²) in [5.41, 5.74) is -0.560. The van der Waals surface area contributed by atoms with Gasteiger partial charge in [-0.25, -0.2) is 0 Å². The van der Waals surface area contributed by atoms with Crippen molar-refractivity contribution in [3.63, 3.8) is 0 Å². The highest BCUT2D eigenvalue weighted by molar-refractivity contribution is 6.46. The molecule has 0 amide bonds. The van der Waals surface area contributed by atoms with Crippen LogP contribution in [0.3, 0.4) is 0 Å². The van der Waals surface area contributed by atoms with Gasteiger partial charge in [0, 0.05) is 0 Å². The quantitative estimate of drug-likeness (QED) is 0.619. The third kappa shape index (κ3) is 3.56. The molecule has 2 rings (SSSR count). The van der Waals surface area contributed by atoms with E-state index in [0.29, 0.717) is 10.6 Å². The van der Waals surface area contributed by atoms with E-state index in [1.165, 1.54) is 58.6 Å². The Morgan fingerprint density at radius 3 is 2.12 bits per heavy atom. The molecule has 2 unspecified atom stereocenters. The lowest BCUT2D eigenvalue weighted by molar-refractivity contribution is -0.149. The Hall–Kier alpha value is -0.465. The number of hydrogen-bond donors (Lipinski definition) is 1. The van der Waals surface area contributed by atoms with E-state index in [1.807, 2.05) is 13.8 Å². The zero-order valence-electron chi connectivity index (χ0n) is 17.0. The number of hydrogen-bond acceptors (Lipinski definition) is 1. The minimum Gasteiger partial charge on any atom is -0.481 e. The van der Waals surface area contributed by atoms with E-state index in [4.69, 9.17) is 0 Å². The maximum absolute atomic E-state index is 11.7. The maximum Gasteiger partial charge on any atom is 0.309 e. The molecule has 0 aromatic carbocycles. The Morgan fingerprint density at radius 2 is 1.58 bits per heavy atom. The fourth-order valence-electron chi connectivity index (χ4n) is 6.13. The van der Waals surface area contributed by atoms with Gasteiger partial charge < -0.3 is 5.11 Å². The van der Waals surface area contributed by atoms with Crippen LogP contribution in [0.2, 0.25) is 10.6 Å². The zero-order chi connectivity index (χ0) is 18.2. The van der Waals surface area contributed by atoms with Crippen LogP contribution in [0.15, 0.2) is 0 Å². The normalized spacial score (nSPS) is 32.0. The molecule has 24 heavy (non-hydrogen) atoms. The van der Waals surface area contributed by atoms with Crippen LogP contribution in [-0.4, -0.2) is 18.4 Å². The summed E-state index contributed by atoms with van der Waals surface area (Å²) < 4.78 is 0. The van der Waals surface area contributed by atoms with Gasteiger partial charge in [-0.05, 0) is 36.9 Å². The third-order valence-corrected chi connectivity index (χ3v) is 8.00. The first-order valence-corrected chi connectivity index (χ1v) is 10.2. The molecule has 2 fully saturated rings. The molecule has 0 aromatic heterocycles. The molecule has 2 atom stereocenters. The van der Waals surface area contributed by atoms with Gasteiger partial charge in [-0.15, -0.1) is 0 Å². The topological polar surface area (TPSA) is 37.3 Å². The lowest BCUT2D eigenvalue weighted by Gasteiger charge is -2.49. The molecular weight excluding hydrogens is 295 g/mol. The van der Waals surface area contributed by atoms with Crippen molar-refractivity contribution in [1.29, 1.82) is 0 Å². The Balaban J connectivity index is 2.35. The van der Waals surface area contributed by atoms with Crippen molar-refractivity contribution < 1.29 is 9.90 Å². The van der Waals surface area contributed by atoms with Gasteiger partial charge in [0.05, 0.1) is 5.41 Å². The van der Waals surface area contributed by atoms with Gasteiger partial charge >= 0.3 is 5.97 Å². The molecule has 2 aliphatic heterocycles. The molecule has 0 saturated carbocycles. The predicted molar refractivity (Wildman–Crippen MR) is 104 cm³/mol. The highest BCUT2D eigenvalue weighted by Gasteiger charge is 2.57. The summed E-state index contributed by atoms with van der Waals surface area (Å²) in [5.74, 6) is 0.0870. The van der Waals surface area contributed by atoms with Crippen LogP contribution in [0.4, 0.5) is 0 Å². The standard InChI is InChI=1S/C21H39BO2/c1-16(2)20-11-9-7-8-10-12-21(22-20,14-13-20)19(5,6)15-18(3,4)17(23)24/h16,22H,7-15H2,1-6H3,(H,23,24). The molecule has 2 heterocycles. The summed E-state index contributed by atoms with van der Waals surface area (Å²) in [5, 5.41) is 10.5. The fraction of sp³-hybridized carbons (Fsp3) is 0.952. The smallest absolute Gasteiger partial charge is 0.309 e. The molecule has 0 aliphatic carbocycles. The van der Waals surface area contributed by atoms with Crippen molar-refractivity contribution >= 4 is 13.2 Å². The Morgan fingerprint density at radius 1 is 1.00 bits per heavy atom. The number of fused-ring (bicyclic) bond motifs is 2. The van der Waals surface area contributed by atoms with Crippen LogP contribution < -0.4 is 0 Å². The van der Waals surface area contributed by atoms with Gasteiger partial charge in [0.1, 0.15) is 7.28 Å². The second kappa shape index (κ2) is 6.69. The molecule has 2 saturated heterocycles.